The molecule has 0 aromatic heterocycles. The van der Waals surface area contributed by atoms with Gasteiger partial charge in [-0.15, -0.1) is 0 Å². The highest BCUT2D eigenvalue weighted by molar-refractivity contribution is 6.31. The topological polar surface area (TPSA) is 40.6 Å². The second-order valence-corrected chi connectivity index (χ2v) is 7.11. The van der Waals surface area contributed by atoms with E-state index in [1.165, 1.54) is 34.1 Å². The van der Waals surface area contributed by atoms with Crippen LogP contribution in [0.25, 0.3) is 0 Å². The zero-order valence-corrected chi connectivity index (χ0v) is 15.9. The van der Waals surface area contributed by atoms with Crippen molar-refractivity contribution < 1.29 is 27.2 Å². The van der Waals surface area contributed by atoms with Gasteiger partial charge in [0.05, 0.1) is 17.5 Å². The van der Waals surface area contributed by atoms with Gasteiger partial charge >= 0.3 is 6.18 Å². The molecule has 1 aliphatic rings. The molecule has 2 amide bonds. The number of halogens is 5. The minimum Gasteiger partial charge on any atom is -0.339 e. The van der Waals surface area contributed by atoms with Gasteiger partial charge in [-0.2, -0.15) is 13.2 Å². The lowest BCUT2D eigenvalue weighted by Crippen LogP contribution is -2.51. The average Bonchev–Trinajstić information content (AvgIpc) is 2.69. The van der Waals surface area contributed by atoms with Crippen molar-refractivity contribution in [2.75, 3.05) is 26.2 Å². The third-order valence-electron chi connectivity index (χ3n) is 4.69. The highest BCUT2D eigenvalue weighted by Crippen LogP contribution is 2.29. The van der Waals surface area contributed by atoms with E-state index in [0.717, 1.165) is 18.2 Å². The van der Waals surface area contributed by atoms with Gasteiger partial charge in [-0.25, -0.2) is 4.39 Å². The Morgan fingerprint density at radius 2 is 1.62 bits per heavy atom. The molecule has 0 spiro atoms. The summed E-state index contributed by atoms with van der Waals surface area (Å²) >= 11 is 5.82. The van der Waals surface area contributed by atoms with Gasteiger partial charge in [-0.3, -0.25) is 9.59 Å². The van der Waals surface area contributed by atoms with Crippen LogP contribution >= 0.6 is 11.6 Å². The number of nitrogens with zero attached hydrogens (tertiary/aromatic N) is 2. The lowest BCUT2D eigenvalue weighted by Gasteiger charge is -2.35. The van der Waals surface area contributed by atoms with Crippen LogP contribution in [0.5, 0.6) is 0 Å². The molecule has 0 N–H and O–H groups in total. The maximum Gasteiger partial charge on any atom is 0.416 e. The van der Waals surface area contributed by atoms with Gasteiger partial charge in [0, 0.05) is 31.2 Å². The van der Waals surface area contributed by atoms with Gasteiger partial charge in [0.2, 0.25) is 5.91 Å². The second-order valence-electron chi connectivity index (χ2n) is 6.67. The standard InChI is InChI=1S/C20H17ClF4N2O2/c21-15-4-5-17(22)16(12-15)19(29)27-8-6-26(7-9-27)18(28)11-13-2-1-3-14(10-13)20(23,24)25/h1-5,10,12H,6-9,11H2. The summed E-state index contributed by atoms with van der Waals surface area (Å²) in [6.07, 6.45) is -4.64. The molecule has 29 heavy (non-hydrogen) atoms. The molecular weight excluding hydrogens is 412 g/mol. The molecule has 2 aromatic carbocycles. The van der Waals surface area contributed by atoms with Crippen molar-refractivity contribution in [3.05, 3.63) is 70.0 Å². The normalized spacial score (nSPS) is 14.8. The Morgan fingerprint density at radius 3 is 2.28 bits per heavy atom. The molecular formula is C20H17ClF4N2O2. The van der Waals surface area contributed by atoms with Crippen molar-refractivity contribution in [1.29, 1.82) is 0 Å². The molecule has 1 aliphatic heterocycles. The lowest BCUT2D eigenvalue weighted by atomic mass is 10.1. The Morgan fingerprint density at radius 1 is 0.966 bits per heavy atom. The molecule has 0 saturated carbocycles. The Hall–Kier alpha value is -2.61. The second kappa shape index (κ2) is 8.41. The number of alkyl halides is 3. The smallest absolute Gasteiger partial charge is 0.339 e. The number of carbonyl (C=O) groups is 2. The van der Waals surface area contributed by atoms with Crippen LogP contribution in [0.4, 0.5) is 17.6 Å². The van der Waals surface area contributed by atoms with Crippen LogP contribution in [0.15, 0.2) is 42.5 Å². The van der Waals surface area contributed by atoms with E-state index in [-0.39, 0.29) is 54.7 Å². The molecule has 0 aliphatic carbocycles. The molecule has 2 aromatic rings. The fourth-order valence-electron chi connectivity index (χ4n) is 3.13. The largest absolute Gasteiger partial charge is 0.416 e. The lowest BCUT2D eigenvalue weighted by molar-refractivity contribution is -0.138. The van der Waals surface area contributed by atoms with E-state index >= 15 is 0 Å². The maximum absolute atomic E-state index is 13.9. The van der Waals surface area contributed by atoms with Crippen LogP contribution in [0.2, 0.25) is 5.02 Å². The Kier molecular flexibility index (Phi) is 6.12. The first-order valence-corrected chi connectivity index (χ1v) is 9.21. The average molecular weight is 429 g/mol. The Bertz CT molecular complexity index is 925. The van der Waals surface area contributed by atoms with Crippen LogP contribution in [-0.2, 0) is 17.4 Å². The number of amides is 2. The summed E-state index contributed by atoms with van der Waals surface area (Å²) in [5.74, 6) is -1.53. The van der Waals surface area contributed by atoms with Gasteiger partial charge in [-0.1, -0.05) is 29.8 Å². The zero-order valence-electron chi connectivity index (χ0n) is 15.2. The zero-order chi connectivity index (χ0) is 21.2. The summed E-state index contributed by atoms with van der Waals surface area (Å²) in [4.78, 5) is 27.8. The predicted octanol–water partition coefficient (Wildman–Crippen LogP) is 4.03. The minimum atomic E-state index is -4.47. The van der Waals surface area contributed by atoms with Gasteiger partial charge in [0.15, 0.2) is 0 Å². The van der Waals surface area contributed by atoms with E-state index in [9.17, 15) is 27.2 Å². The monoisotopic (exact) mass is 428 g/mol. The molecule has 9 heteroatoms. The van der Waals surface area contributed by atoms with Gasteiger partial charge < -0.3 is 9.80 Å². The first-order chi connectivity index (χ1) is 13.6. The molecule has 0 unspecified atom stereocenters. The van der Waals surface area contributed by atoms with Crippen molar-refractivity contribution in [2.24, 2.45) is 0 Å². The number of piperazine rings is 1. The van der Waals surface area contributed by atoms with E-state index in [1.807, 2.05) is 0 Å². The molecule has 1 saturated heterocycles. The van der Waals surface area contributed by atoms with E-state index in [4.69, 9.17) is 11.6 Å². The van der Waals surface area contributed by atoms with Crippen LogP contribution in [0.1, 0.15) is 21.5 Å². The van der Waals surface area contributed by atoms with E-state index < -0.39 is 23.5 Å². The molecule has 0 radical (unpaired) electrons. The van der Waals surface area contributed by atoms with E-state index in [2.05, 4.69) is 0 Å². The van der Waals surface area contributed by atoms with E-state index in [1.54, 1.807) is 0 Å². The number of carbonyl (C=O) groups excluding carboxylic acids is 2. The van der Waals surface area contributed by atoms with Crippen molar-refractivity contribution in [1.82, 2.24) is 9.80 Å². The van der Waals surface area contributed by atoms with Gasteiger partial charge in [0.25, 0.3) is 5.91 Å². The third-order valence-corrected chi connectivity index (χ3v) is 4.92. The first kappa shape index (κ1) is 21.1. The summed E-state index contributed by atoms with van der Waals surface area (Å²) in [7, 11) is 0. The molecule has 3 rings (SSSR count). The van der Waals surface area contributed by atoms with Gasteiger partial charge in [0.1, 0.15) is 5.82 Å². The number of benzene rings is 2. The summed E-state index contributed by atoms with van der Waals surface area (Å²) in [5, 5.41) is 0.240. The quantitative estimate of drug-likeness (QED) is 0.693. The molecule has 1 fully saturated rings. The van der Waals surface area contributed by atoms with Crippen molar-refractivity contribution in [3.8, 4) is 0 Å². The highest BCUT2D eigenvalue weighted by Gasteiger charge is 2.31. The molecule has 154 valence electrons. The highest BCUT2D eigenvalue weighted by atomic mass is 35.5. The fraction of sp³-hybridized carbons (Fsp3) is 0.300. The fourth-order valence-corrected chi connectivity index (χ4v) is 3.31. The van der Waals surface area contributed by atoms with Crippen molar-refractivity contribution in [2.45, 2.75) is 12.6 Å². The number of hydrogen-bond acceptors (Lipinski definition) is 2. The van der Waals surface area contributed by atoms with Crippen LogP contribution in [-0.4, -0.2) is 47.8 Å². The van der Waals surface area contributed by atoms with Crippen molar-refractivity contribution >= 4 is 23.4 Å². The SMILES string of the molecule is O=C(Cc1cccc(C(F)(F)F)c1)N1CCN(C(=O)c2cc(Cl)ccc2F)CC1. The number of hydrogen-bond donors (Lipinski definition) is 0. The van der Waals surface area contributed by atoms with Gasteiger partial charge in [-0.05, 0) is 29.8 Å². The van der Waals surface area contributed by atoms with Crippen LogP contribution in [0.3, 0.4) is 0 Å². The molecule has 1 heterocycles. The molecule has 0 bridgehead atoms. The predicted molar refractivity (Wildman–Crippen MR) is 99.0 cm³/mol. The number of rotatable bonds is 3. The summed E-state index contributed by atoms with van der Waals surface area (Å²) in [5.41, 5.74) is -0.674. The Labute approximate surface area is 169 Å². The molecule has 4 nitrogen and oxygen atoms in total. The first-order valence-electron chi connectivity index (χ1n) is 8.83. The van der Waals surface area contributed by atoms with Crippen molar-refractivity contribution in [3.63, 3.8) is 0 Å². The summed E-state index contributed by atoms with van der Waals surface area (Å²) in [6, 6.07) is 8.36. The summed E-state index contributed by atoms with van der Waals surface area (Å²) in [6.45, 7) is 0.815. The summed E-state index contributed by atoms with van der Waals surface area (Å²) < 4.78 is 52.3. The third kappa shape index (κ3) is 5.06. The minimum absolute atomic E-state index is 0.138. The van der Waals surface area contributed by atoms with Crippen LogP contribution < -0.4 is 0 Å². The molecule has 0 atom stereocenters. The maximum atomic E-state index is 13.9. The van der Waals surface area contributed by atoms with E-state index in [0.29, 0.717) is 0 Å². The van der Waals surface area contributed by atoms with Crippen LogP contribution in [0, 0.1) is 5.82 Å². The Balaban J connectivity index is 1.60.